The van der Waals surface area contributed by atoms with Crippen molar-refractivity contribution >= 4 is 17.7 Å². The Balaban J connectivity index is 1.63. The number of nitrogens with zero attached hydrogens (tertiary/aromatic N) is 2. The zero-order valence-corrected chi connectivity index (χ0v) is 12.1. The number of hydrogen-bond acceptors (Lipinski definition) is 7. The van der Waals surface area contributed by atoms with E-state index in [4.69, 9.17) is 13.9 Å². The van der Waals surface area contributed by atoms with Gasteiger partial charge in [0.2, 0.25) is 18.6 Å². The van der Waals surface area contributed by atoms with E-state index in [-0.39, 0.29) is 12.7 Å². The lowest BCUT2D eigenvalue weighted by molar-refractivity contribution is -0.118. The lowest BCUT2D eigenvalue weighted by Gasteiger charge is -1.99. The molecule has 0 saturated carbocycles. The summed E-state index contributed by atoms with van der Waals surface area (Å²) in [5, 5.41) is 11.1. The van der Waals surface area contributed by atoms with Crippen molar-refractivity contribution in [2.75, 3.05) is 19.1 Å². The quantitative estimate of drug-likeness (QED) is 0.664. The van der Waals surface area contributed by atoms with Crippen LogP contribution in [0.5, 0.6) is 11.5 Å². The molecule has 1 aromatic heterocycles. The fourth-order valence-electron chi connectivity index (χ4n) is 1.78. The first-order valence-electron chi connectivity index (χ1n) is 6.33. The molecule has 0 fully saturated rings. The summed E-state index contributed by atoms with van der Waals surface area (Å²) in [5.74, 6) is 2.42. The van der Waals surface area contributed by atoms with E-state index in [2.05, 4.69) is 15.5 Å². The molecule has 2 aromatic rings. The molecule has 21 heavy (non-hydrogen) atoms. The van der Waals surface area contributed by atoms with Gasteiger partial charge < -0.3 is 19.2 Å². The minimum absolute atomic E-state index is 0.0535. The SMILES string of the molecule is CC(=O)NCCSc1nnc(-c2ccc3c(c2)OCO3)o1. The molecule has 1 aromatic carbocycles. The molecule has 0 bridgehead atoms. The van der Waals surface area contributed by atoms with Gasteiger partial charge in [-0.25, -0.2) is 0 Å². The summed E-state index contributed by atoms with van der Waals surface area (Å²) in [7, 11) is 0. The summed E-state index contributed by atoms with van der Waals surface area (Å²) < 4.78 is 16.1. The molecular formula is C13H13N3O4S. The third kappa shape index (κ3) is 3.27. The largest absolute Gasteiger partial charge is 0.454 e. The van der Waals surface area contributed by atoms with Crippen molar-refractivity contribution in [3.8, 4) is 23.0 Å². The molecule has 1 N–H and O–H groups in total. The van der Waals surface area contributed by atoms with E-state index in [0.717, 1.165) is 5.56 Å². The third-order valence-corrected chi connectivity index (χ3v) is 3.55. The van der Waals surface area contributed by atoms with Crippen LogP contribution < -0.4 is 14.8 Å². The van der Waals surface area contributed by atoms with E-state index in [1.54, 1.807) is 0 Å². The Kier molecular flexibility index (Phi) is 3.96. The molecule has 1 amide bonds. The monoisotopic (exact) mass is 307 g/mol. The summed E-state index contributed by atoms with van der Waals surface area (Å²) in [6, 6.07) is 5.46. The van der Waals surface area contributed by atoms with Crippen LogP contribution in [0.15, 0.2) is 27.8 Å². The predicted octanol–water partition coefficient (Wildman–Crippen LogP) is 1.69. The number of carbonyl (C=O) groups is 1. The number of hydrogen-bond donors (Lipinski definition) is 1. The molecule has 1 aliphatic heterocycles. The Hall–Kier alpha value is -2.22. The Morgan fingerprint density at radius 3 is 3.05 bits per heavy atom. The first kappa shape index (κ1) is 13.7. The van der Waals surface area contributed by atoms with Gasteiger partial charge in [0, 0.05) is 24.8 Å². The van der Waals surface area contributed by atoms with Gasteiger partial charge in [-0.15, -0.1) is 10.2 Å². The number of carbonyl (C=O) groups excluding carboxylic acids is 1. The lowest BCUT2D eigenvalue weighted by Crippen LogP contribution is -2.22. The number of benzene rings is 1. The van der Waals surface area contributed by atoms with Crippen molar-refractivity contribution in [1.29, 1.82) is 0 Å². The smallest absolute Gasteiger partial charge is 0.276 e. The van der Waals surface area contributed by atoms with Gasteiger partial charge in [-0.2, -0.15) is 0 Å². The van der Waals surface area contributed by atoms with Gasteiger partial charge in [0.25, 0.3) is 5.22 Å². The standard InChI is InChI=1S/C13H13N3O4S/c1-8(17)14-4-5-21-13-16-15-12(20-13)9-2-3-10-11(6-9)19-7-18-10/h2-3,6H,4-5,7H2,1H3,(H,14,17). The van der Waals surface area contributed by atoms with E-state index >= 15 is 0 Å². The Morgan fingerprint density at radius 2 is 2.19 bits per heavy atom. The second-order valence-corrected chi connectivity index (χ2v) is 5.32. The average molecular weight is 307 g/mol. The zero-order valence-electron chi connectivity index (χ0n) is 11.3. The maximum Gasteiger partial charge on any atom is 0.276 e. The summed E-state index contributed by atoms with van der Waals surface area (Å²) in [6.07, 6.45) is 0. The third-order valence-electron chi connectivity index (χ3n) is 2.73. The molecule has 110 valence electrons. The van der Waals surface area contributed by atoms with E-state index in [0.29, 0.717) is 34.9 Å². The Morgan fingerprint density at radius 1 is 1.33 bits per heavy atom. The van der Waals surface area contributed by atoms with Crippen molar-refractivity contribution < 1.29 is 18.7 Å². The number of aromatic nitrogens is 2. The lowest BCUT2D eigenvalue weighted by atomic mass is 10.2. The molecule has 3 rings (SSSR count). The van der Waals surface area contributed by atoms with Crippen molar-refractivity contribution in [3.63, 3.8) is 0 Å². The van der Waals surface area contributed by atoms with Crippen molar-refractivity contribution in [2.24, 2.45) is 0 Å². The number of fused-ring (bicyclic) bond motifs is 1. The van der Waals surface area contributed by atoms with E-state index in [1.807, 2.05) is 18.2 Å². The fourth-order valence-corrected chi connectivity index (χ4v) is 2.39. The van der Waals surface area contributed by atoms with Crippen LogP contribution in [0.3, 0.4) is 0 Å². The number of rotatable bonds is 5. The minimum atomic E-state index is -0.0535. The van der Waals surface area contributed by atoms with Crippen LogP contribution in [0.25, 0.3) is 11.5 Å². The highest BCUT2D eigenvalue weighted by atomic mass is 32.2. The highest BCUT2D eigenvalue weighted by Gasteiger charge is 2.16. The highest BCUT2D eigenvalue weighted by molar-refractivity contribution is 7.99. The van der Waals surface area contributed by atoms with E-state index in [9.17, 15) is 4.79 Å². The van der Waals surface area contributed by atoms with Crippen LogP contribution in [0.4, 0.5) is 0 Å². The Bertz CT molecular complexity index is 659. The summed E-state index contributed by atoms with van der Waals surface area (Å²) in [4.78, 5) is 10.7. The van der Waals surface area contributed by atoms with Crippen molar-refractivity contribution in [1.82, 2.24) is 15.5 Å². The minimum Gasteiger partial charge on any atom is -0.454 e. The summed E-state index contributed by atoms with van der Waals surface area (Å²) in [5.41, 5.74) is 0.778. The summed E-state index contributed by atoms with van der Waals surface area (Å²) in [6.45, 7) is 2.27. The van der Waals surface area contributed by atoms with Gasteiger partial charge in [0.05, 0.1) is 0 Å². The van der Waals surface area contributed by atoms with Crippen LogP contribution >= 0.6 is 11.8 Å². The normalized spacial score (nSPS) is 12.4. The van der Waals surface area contributed by atoms with Gasteiger partial charge in [-0.1, -0.05) is 11.8 Å². The molecule has 2 heterocycles. The number of nitrogens with one attached hydrogen (secondary N) is 1. The van der Waals surface area contributed by atoms with Crippen molar-refractivity contribution in [2.45, 2.75) is 12.1 Å². The van der Waals surface area contributed by atoms with Crippen LogP contribution in [0, 0.1) is 0 Å². The topological polar surface area (TPSA) is 86.5 Å². The fraction of sp³-hybridized carbons (Fsp3) is 0.308. The van der Waals surface area contributed by atoms with E-state index in [1.165, 1.54) is 18.7 Å². The first-order chi connectivity index (χ1) is 10.2. The average Bonchev–Trinajstić information content (AvgIpc) is 3.11. The molecule has 0 aliphatic carbocycles. The van der Waals surface area contributed by atoms with Gasteiger partial charge in [0.1, 0.15) is 0 Å². The van der Waals surface area contributed by atoms with Gasteiger partial charge >= 0.3 is 0 Å². The van der Waals surface area contributed by atoms with Crippen molar-refractivity contribution in [3.05, 3.63) is 18.2 Å². The number of amides is 1. The molecular weight excluding hydrogens is 294 g/mol. The van der Waals surface area contributed by atoms with Gasteiger partial charge in [-0.3, -0.25) is 4.79 Å². The maximum atomic E-state index is 10.7. The Labute approximate surface area is 125 Å². The molecule has 8 heteroatoms. The number of ether oxygens (including phenoxy) is 2. The van der Waals surface area contributed by atoms with Crippen LogP contribution in [0.1, 0.15) is 6.92 Å². The molecule has 0 spiro atoms. The molecule has 7 nitrogen and oxygen atoms in total. The molecule has 1 aliphatic rings. The second kappa shape index (κ2) is 6.04. The van der Waals surface area contributed by atoms with Crippen LogP contribution in [-0.4, -0.2) is 35.2 Å². The second-order valence-electron chi connectivity index (χ2n) is 4.27. The van der Waals surface area contributed by atoms with Gasteiger partial charge in [-0.05, 0) is 18.2 Å². The van der Waals surface area contributed by atoms with Crippen LogP contribution in [0.2, 0.25) is 0 Å². The zero-order chi connectivity index (χ0) is 14.7. The molecule has 0 unspecified atom stereocenters. The molecule has 0 radical (unpaired) electrons. The van der Waals surface area contributed by atoms with E-state index < -0.39 is 0 Å². The number of thioether (sulfide) groups is 1. The maximum absolute atomic E-state index is 10.7. The summed E-state index contributed by atoms with van der Waals surface area (Å²) >= 11 is 1.39. The van der Waals surface area contributed by atoms with Crippen LogP contribution in [-0.2, 0) is 4.79 Å². The predicted molar refractivity (Wildman–Crippen MR) is 75.3 cm³/mol. The van der Waals surface area contributed by atoms with Gasteiger partial charge in [0.15, 0.2) is 11.5 Å². The molecule has 0 atom stereocenters. The molecule has 0 saturated heterocycles. The highest BCUT2D eigenvalue weighted by Crippen LogP contribution is 2.35. The first-order valence-corrected chi connectivity index (χ1v) is 7.32.